The van der Waals surface area contributed by atoms with E-state index in [0.717, 1.165) is 47.6 Å². The number of carbonyl (C=O) groups excluding carboxylic acids is 1. The van der Waals surface area contributed by atoms with Crippen molar-refractivity contribution in [2.75, 3.05) is 19.0 Å². The number of hydrogen-bond donors (Lipinski definition) is 1. The average molecular weight is 501 g/mol. The van der Waals surface area contributed by atoms with Gasteiger partial charge in [-0.15, -0.1) is 11.3 Å². The fourth-order valence-electron chi connectivity index (χ4n) is 4.28. The van der Waals surface area contributed by atoms with E-state index < -0.39 is 0 Å². The van der Waals surface area contributed by atoms with Gasteiger partial charge in [-0.1, -0.05) is 65.5 Å². The molecule has 2 aromatic carbocycles. The summed E-state index contributed by atoms with van der Waals surface area (Å²) in [5.74, 6) is 1.47. The van der Waals surface area contributed by atoms with Gasteiger partial charge in [0.2, 0.25) is 0 Å². The molecule has 1 aliphatic rings. The highest BCUT2D eigenvalue weighted by Crippen LogP contribution is 2.45. The maximum absolute atomic E-state index is 11.4. The van der Waals surface area contributed by atoms with Gasteiger partial charge >= 0.3 is 0 Å². The SMILES string of the molecule is COc1c(C=O)sc(-c2cccc(NC3CCN(SCc4cccc(C)c4)C(C)C3)c2)c1Cl. The van der Waals surface area contributed by atoms with E-state index in [0.29, 0.717) is 27.7 Å². The number of aldehydes is 1. The maximum atomic E-state index is 11.4. The Hall–Kier alpha value is -1.99. The van der Waals surface area contributed by atoms with E-state index in [1.165, 1.54) is 29.6 Å². The van der Waals surface area contributed by atoms with Gasteiger partial charge in [-0.05, 0) is 49.9 Å². The van der Waals surface area contributed by atoms with Crippen molar-refractivity contribution in [3.8, 4) is 16.2 Å². The third-order valence-electron chi connectivity index (χ3n) is 5.94. The van der Waals surface area contributed by atoms with Crippen LogP contribution in [0.4, 0.5) is 5.69 Å². The Balaban J connectivity index is 1.38. The van der Waals surface area contributed by atoms with E-state index in [1.807, 2.05) is 24.1 Å². The zero-order valence-corrected chi connectivity index (χ0v) is 21.5. The Bertz CT molecular complexity index is 1120. The summed E-state index contributed by atoms with van der Waals surface area (Å²) in [4.78, 5) is 12.7. The molecular weight excluding hydrogens is 472 g/mol. The highest BCUT2D eigenvalue weighted by molar-refractivity contribution is 7.96. The number of rotatable bonds is 8. The number of hydrogen-bond acceptors (Lipinski definition) is 6. The summed E-state index contributed by atoms with van der Waals surface area (Å²) < 4.78 is 7.84. The van der Waals surface area contributed by atoms with Gasteiger partial charge in [-0.25, -0.2) is 4.31 Å². The first-order valence-electron chi connectivity index (χ1n) is 11.1. The highest BCUT2D eigenvalue weighted by Gasteiger charge is 2.26. The van der Waals surface area contributed by atoms with Gasteiger partial charge in [-0.3, -0.25) is 4.79 Å². The van der Waals surface area contributed by atoms with Crippen LogP contribution in [0, 0.1) is 6.92 Å². The number of halogens is 1. The lowest BCUT2D eigenvalue weighted by atomic mass is 10.00. The molecule has 0 saturated carbocycles. The van der Waals surface area contributed by atoms with E-state index in [9.17, 15) is 4.79 Å². The van der Waals surface area contributed by atoms with Crippen molar-refractivity contribution in [1.82, 2.24) is 4.31 Å². The summed E-state index contributed by atoms with van der Waals surface area (Å²) in [5, 5.41) is 4.21. The summed E-state index contributed by atoms with van der Waals surface area (Å²) in [6.07, 6.45) is 2.99. The maximum Gasteiger partial charge on any atom is 0.163 e. The largest absolute Gasteiger partial charge is 0.494 e. The van der Waals surface area contributed by atoms with Crippen molar-refractivity contribution in [2.24, 2.45) is 0 Å². The molecule has 0 amide bonds. The molecule has 1 saturated heterocycles. The number of nitrogens with one attached hydrogen (secondary N) is 1. The molecule has 1 aliphatic heterocycles. The van der Waals surface area contributed by atoms with Crippen LogP contribution in [0.25, 0.3) is 10.4 Å². The Labute approximate surface area is 209 Å². The predicted molar refractivity (Wildman–Crippen MR) is 142 cm³/mol. The van der Waals surface area contributed by atoms with Gasteiger partial charge in [0.25, 0.3) is 0 Å². The molecule has 1 aromatic heterocycles. The molecule has 33 heavy (non-hydrogen) atoms. The van der Waals surface area contributed by atoms with Crippen LogP contribution in [0.3, 0.4) is 0 Å². The summed E-state index contributed by atoms with van der Waals surface area (Å²) in [5.41, 5.74) is 4.75. The number of aryl methyl sites for hydroxylation is 1. The fraction of sp³-hybridized carbons (Fsp3) is 0.346. The van der Waals surface area contributed by atoms with E-state index >= 15 is 0 Å². The molecule has 0 bridgehead atoms. The smallest absolute Gasteiger partial charge is 0.163 e. The first-order chi connectivity index (χ1) is 16.0. The van der Waals surface area contributed by atoms with E-state index in [2.05, 4.69) is 59.9 Å². The molecule has 4 rings (SSSR count). The molecule has 2 unspecified atom stereocenters. The Kier molecular flexibility index (Phi) is 8.02. The lowest BCUT2D eigenvalue weighted by Crippen LogP contribution is -2.41. The van der Waals surface area contributed by atoms with Gasteiger partial charge in [-0.2, -0.15) is 0 Å². The Morgan fingerprint density at radius 1 is 1.27 bits per heavy atom. The van der Waals surface area contributed by atoms with Crippen LogP contribution in [-0.2, 0) is 5.75 Å². The van der Waals surface area contributed by atoms with E-state index in [-0.39, 0.29) is 0 Å². The Morgan fingerprint density at radius 3 is 2.79 bits per heavy atom. The molecule has 0 aliphatic carbocycles. The number of piperidine rings is 1. The van der Waals surface area contributed by atoms with Crippen LogP contribution in [0.1, 0.15) is 40.6 Å². The molecule has 174 valence electrons. The van der Waals surface area contributed by atoms with Crippen molar-refractivity contribution >= 4 is 46.9 Å². The molecule has 3 aromatic rings. The summed E-state index contributed by atoms with van der Waals surface area (Å²) in [7, 11) is 1.54. The van der Waals surface area contributed by atoms with E-state index in [4.69, 9.17) is 16.3 Å². The third-order valence-corrected chi connectivity index (χ3v) is 8.89. The number of nitrogens with zero attached hydrogens (tertiary/aromatic N) is 1. The van der Waals surface area contributed by atoms with Crippen LogP contribution < -0.4 is 10.1 Å². The monoisotopic (exact) mass is 500 g/mol. The van der Waals surface area contributed by atoms with Crippen LogP contribution >= 0.6 is 34.9 Å². The second-order valence-corrected chi connectivity index (χ2v) is 10.9. The van der Waals surface area contributed by atoms with Crippen LogP contribution in [0.5, 0.6) is 5.75 Å². The lowest BCUT2D eigenvalue weighted by molar-refractivity contribution is 0.112. The molecule has 2 atom stereocenters. The van der Waals surface area contributed by atoms with Crippen molar-refractivity contribution in [1.29, 1.82) is 0 Å². The van der Waals surface area contributed by atoms with Gasteiger partial charge in [0.15, 0.2) is 12.0 Å². The average Bonchev–Trinajstić information content (AvgIpc) is 3.14. The van der Waals surface area contributed by atoms with Crippen LogP contribution in [0.15, 0.2) is 48.5 Å². The van der Waals surface area contributed by atoms with Gasteiger partial charge < -0.3 is 10.1 Å². The van der Waals surface area contributed by atoms with Crippen LogP contribution in [-0.4, -0.2) is 36.3 Å². The van der Waals surface area contributed by atoms with E-state index in [1.54, 1.807) is 0 Å². The van der Waals surface area contributed by atoms with Crippen molar-refractivity contribution in [3.05, 3.63) is 69.6 Å². The fourth-order valence-corrected chi connectivity index (χ4v) is 6.79. The molecule has 4 nitrogen and oxygen atoms in total. The zero-order chi connectivity index (χ0) is 23.4. The van der Waals surface area contributed by atoms with Gasteiger partial charge in [0.1, 0.15) is 9.90 Å². The molecule has 2 heterocycles. The number of carbonyl (C=O) groups is 1. The summed E-state index contributed by atoms with van der Waals surface area (Å²) in [6.45, 7) is 5.52. The molecule has 1 N–H and O–H groups in total. The minimum atomic E-state index is 0.421. The van der Waals surface area contributed by atoms with Gasteiger partial charge in [0.05, 0.1) is 12.0 Å². The quantitative estimate of drug-likeness (QED) is 0.259. The lowest BCUT2D eigenvalue weighted by Gasteiger charge is -2.37. The second-order valence-electron chi connectivity index (χ2n) is 8.46. The molecule has 1 fully saturated rings. The second kappa shape index (κ2) is 11.0. The standard InChI is InChI=1S/C26H29ClN2O2S2/c1-17-6-4-7-19(12-17)16-32-29-11-10-22(13-18(29)2)28-21-9-5-8-20(14-21)26-24(27)25(31-3)23(15-30)33-26/h4-9,12,14-15,18,22,28H,10-11,13,16H2,1-3H3. The highest BCUT2D eigenvalue weighted by atomic mass is 35.5. The van der Waals surface area contributed by atoms with Crippen molar-refractivity contribution in [2.45, 2.75) is 44.5 Å². The molecule has 0 radical (unpaired) electrons. The summed E-state index contributed by atoms with van der Waals surface area (Å²) in [6, 6.07) is 17.9. The van der Waals surface area contributed by atoms with Crippen LogP contribution in [0.2, 0.25) is 5.02 Å². The number of methoxy groups -OCH3 is 1. The minimum Gasteiger partial charge on any atom is -0.494 e. The zero-order valence-electron chi connectivity index (χ0n) is 19.1. The van der Waals surface area contributed by atoms with Gasteiger partial charge in [0, 0.05) is 30.1 Å². The number of benzene rings is 2. The molecular formula is C26H29ClN2O2S2. The number of thiophene rings is 1. The topological polar surface area (TPSA) is 41.6 Å². The van der Waals surface area contributed by atoms with Crippen molar-refractivity contribution < 1.29 is 9.53 Å². The first kappa shape index (κ1) is 24.1. The number of ether oxygens (including phenoxy) is 1. The first-order valence-corrected chi connectivity index (χ1v) is 13.3. The third kappa shape index (κ3) is 5.75. The molecule has 7 heteroatoms. The molecule has 0 spiro atoms. The predicted octanol–water partition coefficient (Wildman–Crippen LogP) is 7.31. The minimum absolute atomic E-state index is 0.421. The normalized spacial score (nSPS) is 18.8. The van der Waals surface area contributed by atoms with Crippen molar-refractivity contribution in [3.63, 3.8) is 0 Å². The number of anilines is 1. The summed E-state index contributed by atoms with van der Waals surface area (Å²) >= 11 is 9.80. The Morgan fingerprint density at radius 2 is 2.09 bits per heavy atom.